The van der Waals surface area contributed by atoms with Gasteiger partial charge in [-0.15, -0.1) is 0 Å². The van der Waals surface area contributed by atoms with E-state index >= 15 is 0 Å². The summed E-state index contributed by atoms with van der Waals surface area (Å²) in [6.45, 7) is 3.40. The summed E-state index contributed by atoms with van der Waals surface area (Å²) < 4.78 is 102. The molecule has 212 valence electrons. The Kier molecular flexibility index (Phi) is 6.91. The Morgan fingerprint density at radius 1 is 0.725 bits per heavy atom. The zero-order valence-electron chi connectivity index (χ0n) is 20.6. The number of fused-ring (bicyclic) bond motifs is 2. The first-order chi connectivity index (χ1) is 18.3. The molecule has 0 saturated carbocycles. The van der Waals surface area contributed by atoms with Crippen molar-refractivity contribution in [3.05, 3.63) is 69.3 Å². The lowest BCUT2D eigenvalue weighted by Gasteiger charge is -2.26. The lowest BCUT2D eigenvalue weighted by Crippen LogP contribution is -2.29. The minimum atomic E-state index is -5.28. The van der Waals surface area contributed by atoms with E-state index in [2.05, 4.69) is 5.32 Å². The van der Waals surface area contributed by atoms with Crippen molar-refractivity contribution >= 4 is 59.0 Å². The van der Waals surface area contributed by atoms with Crippen LogP contribution >= 0.6 is 0 Å². The third kappa shape index (κ3) is 4.66. The van der Waals surface area contributed by atoms with Gasteiger partial charge in [0, 0.05) is 12.2 Å². The van der Waals surface area contributed by atoms with Crippen LogP contribution in [0.2, 0.25) is 0 Å². The van der Waals surface area contributed by atoms with Crippen LogP contribution in [0.3, 0.4) is 0 Å². The smallest absolute Gasteiger partial charge is 0.296 e. The SMILES string of the molecule is Cc1ccc(CN)c(C)c1Nc1cc(S(=O)(=O)O)c(N)c2c1C(=O)c1c(S(=O)(=O)O)ccc(S(=O)(=O)O)c1C2=O. The molecule has 0 heterocycles. The van der Waals surface area contributed by atoms with Gasteiger partial charge in [0.1, 0.15) is 14.7 Å². The van der Waals surface area contributed by atoms with Crippen LogP contribution in [0.25, 0.3) is 0 Å². The van der Waals surface area contributed by atoms with Crippen LogP contribution < -0.4 is 16.8 Å². The highest BCUT2D eigenvalue weighted by Gasteiger charge is 2.43. The van der Waals surface area contributed by atoms with E-state index in [4.69, 9.17) is 11.5 Å². The second kappa shape index (κ2) is 9.44. The summed E-state index contributed by atoms with van der Waals surface area (Å²) >= 11 is 0. The first-order valence-corrected chi connectivity index (χ1v) is 15.3. The molecule has 8 N–H and O–H groups in total. The molecule has 0 aliphatic heterocycles. The van der Waals surface area contributed by atoms with E-state index in [0.29, 0.717) is 34.5 Å². The number of ketones is 2. The van der Waals surface area contributed by atoms with E-state index in [0.717, 1.165) is 6.07 Å². The van der Waals surface area contributed by atoms with E-state index in [9.17, 15) is 48.5 Å². The van der Waals surface area contributed by atoms with E-state index < -0.39 is 90.2 Å². The summed E-state index contributed by atoms with van der Waals surface area (Å²) in [6, 6.07) is 5.10. The number of hydrogen-bond donors (Lipinski definition) is 6. The number of aryl methyl sites for hydroxylation is 1. The molecule has 0 spiro atoms. The third-order valence-electron chi connectivity index (χ3n) is 6.47. The topological polar surface area (TPSA) is 261 Å². The predicted octanol–water partition coefficient (Wildman–Crippen LogP) is 1.60. The molecule has 0 aromatic heterocycles. The fourth-order valence-electron chi connectivity index (χ4n) is 4.59. The summed E-state index contributed by atoms with van der Waals surface area (Å²) in [5, 5.41) is 2.83. The number of benzene rings is 3. The van der Waals surface area contributed by atoms with Crippen LogP contribution in [-0.2, 0) is 36.9 Å². The van der Waals surface area contributed by atoms with Crippen molar-refractivity contribution < 1.29 is 48.5 Å². The van der Waals surface area contributed by atoms with Gasteiger partial charge in [0.05, 0.1) is 33.6 Å². The summed E-state index contributed by atoms with van der Waals surface area (Å²) in [4.78, 5) is 24.2. The molecule has 0 amide bonds. The fraction of sp³-hybridized carbons (Fsp3) is 0.130. The number of carbonyl (C=O) groups is 2. The van der Waals surface area contributed by atoms with Gasteiger partial charge in [0.15, 0.2) is 11.6 Å². The molecule has 0 saturated heterocycles. The molecule has 0 unspecified atom stereocenters. The van der Waals surface area contributed by atoms with Crippen molar-refractivity contribution in [1.29, 1.82) is 0 Å². The summed E-state index contributed by atoms with van der Waals surface area (Å²) in [7, 11) is -15.7. The second-order valence-corrected chi connectivity index (χ2v) is 13.0. The summed E-state index contributed by atoms with van der Waals surface area (Å²) in [5.74, 6) is -2.83. The third-order valence-corrected chi connectivity index (χ3v) is 9.15. The maximum absolute atomic E-state index is 13.9. The molecule has 1 aliphatic rings. The molecule has 0 bridgehead atoms. The maximum Gasteiger partial charge on any atom is 0.296 e. The standard InChI is InChI=1S/C23H21N3O11S3/c1-9-3-4-11(8-24)10(2)21(9)26-12-7-15(40(35,36)37)20(25)19-16(12)22(27)17-13(38(29,30)31)5-6-14(39(32,33)34)18(17)23(19)28/h3-7,26H,8,24-25H2,1-2H3,(H,29,30,31)(H,32,33,34)(H,35,36,37). The van der Waals surface area contributed by atoms with Crippen LogP contribution in [0.15, 0.2) is 45.0 Å². The van der Waals surface area contributed by atoms with Gasteiger partial charge in [-0.25, -0.2) is 0 Å². The lowest BCUT2D eigenvalue weighted by molar-refractivity contribution is 0.0975. The molecule has 17 heteroatoms. The molecular formula is C23H21N3O11S3. The van der Waals surface area contributed by atoms with Crippen LogP contribution in [0, 0.1) is 13.8 Å². The quantitative estimate of drug-likeness (QED) is 0.134. The van der Waals surface area contributed by atoms with Crippen molar-refractivity contribution in [3.63, 3.8) is 0 Å². The molecule has 3 aromatic rings. The highest BCUT2D eigenvalue weighted by molar-refractivity contribution is 7.86. The molecule has 40 heavy (non-hydrogen) atoms. The van der Waals surface area contributed by atoms with Gasteiger partial charge >= 0.3 is 0 Å². The first kappa shape index (κ1) is 29.3. The van der Waals surface area contributed by atoms with Gasteiger partial charge in [-0.2, -0.15) is 25.3 Å². The zero-order valence-corrected chi connectivity index (χ0v) is 23.0. The van der Waals surface area contributed by atoms with Crippen LogP contribution in [-0.4, -0.2) is 50.5 Å². The zero-order chi connectivity index (χ0) is 30.1. The monoisotopic (exact) mass is 611 g/mol. The second-order valence-electron chi connectivity index (χ2n) is 8.85. The Morgan fingerprint density at radius 3 is 1.65 bits per heavy atom. The van der Waals surface area contributed by atoms with Crippen molar-refractivity contribution in [1.82, 2.24) is 0 Å². The molecule has 14 nitrogen and oxygen atoms in total. The van der Waals surface area contributed by atoms with Crippen molar-refractivity contribution in [2.24, 2.45) is 5.73 Å². The fourth-order valence-corrected chi connectivity index (χ4v) is 6.62. The maximum atomic E-state index is 13.9. The number of rotatable bonds is 6. The summed E-state index contributed by atoms with van der Waals surface area (Å²) in [5.41, 5.74) is 8.54. The molecule has 0 fully saturated rings. The molecule has 3 aromatic carbocycles. The highest BCUT2D eigenvalue weighted by Crippen LogP contribution is 2.43. The first-order valence-electron chi connectivity index (χ1n) is 11.0. The van der Waals surface area contributed by atoms with E-state index in [1.54, 1.807) is 26.0 Å². The lowest BCUT2D eigenvalue weighted by atomic mass is 9.82. The van der Waals surface area contributed by atoms with Crippen molar-refractivity contribution in [2.45, 2.75) is 35.1 Å². The van der Waals surface area contributed by atoms with Gasteiger partial charge in [0.25, 0.3) is 30.4 Å². The molecule has 0 atom stereocenters. The van der Waals surface area contributed by atoms with Crippen LogP contribution in [0.5, 0.6) is 0 Å². The van der Waals surface area contributed by atoms with Crippen LogP contribution in [0.1, 0.15) is 48.5 Å². The van der Waals surface area contributed by atoms with Crippen LogP contribution in [0.4, 0.5) is 17.1 Å². The Balaban J connectivity index is 2.20. The number of carbonyl (C=O) groups excluding carboxylic acids is 2. The number of nitrogen functional groups attached to an aromatic ring is 1. The average molecular weight is 612 g/mol. The molecule has 4 rings (SSSR count). The van der Waals surface area contributed by atoms with Gasteiger partial charge in [-0.05, 0) is 48.7 Å². The van der Waals surface area contributed by atoms with Gasteiger partial charge < -0.3 is 16.8 Å². The highest BCUT2D eigenvalue weighted by atomic mass is 32.2. The predicted molar refractivity (Wildman–Crippen MR) is 141 cm³/mol. The van der Waals surface area contributed by atoms with Crippen molar-refractivity contribution in [2.75, 3.05) is 11.1 Å². The number of nitrogens with one attached hydrogen (secondary N) is 1. The molecule has 1 aliphatic carbocycles. The molecule has 0 radical (unpaired) electrons. The number of anilines is 3. The molecular weight excluding hydrogens is 590 g/mol. The van der Waals surface area contributed by atoms with Crippen molar-refractivity contribution in [3.8, 4) is 0 Å². The number of hydrogen-bond acceptors (Lipinski definition) is 11. The van der Waals surface area contributed by atoms with Gasteiger partial charge in [-0.1, -0.05) is 12.1 Å². The van der Waals surface area contributed by atoms with Gasteiger partial charge in [0.2, 0.25) is 0 Å². The van der Waals surface area contributed by atoms with E-state index in [1.165, 1.54) is 0 Å². The number of nitrogens with two attached hydrogens (primary N) is 2. The minimum absolute atomic E-state index is 0.0951. The average Bonchev–Trinajstić information content (AvgIpc) is 2.82. The minimum Gasteiger partial charge on any atom is -0.397 e. The normalized spacial score (nSPS) is 13.7. The Bertz CT molecular complexity index is 2000. The Labute approximate surface area is 228 Å². The van der Waals surface area contributed by atoms with E-state index in [-0.39, 0.29) is 6.54 Å². The summed E-state index contributed by atoms with van der Waals surface area (Å²) in [6.07, 6.45) is 0. The van der Waals surface area contributed by atoms with Gasteiger partial charge in [-0.3, -0.25) is 23.2 Å². The Morgan fingerprint density at radius 2 is 1.20 bits per heavy atom. The van der Waals surface area contributed by atoms with E-state index in [1.807, 2.05) is 0 Å². The Hall–Kier alpha value is -3.71. The largest absolute Gasteiger partial charge is 0.397 e.